The van der Waals surface area contributed by atoms with E-state index < -0.39 is 0 Å². The number of nitrogens with zero attached hydrogens (tertiary/aromatic N) is 1. The van der Waals surface area contributed by atoms with Crippen LogP contribution in [0.3, 0.4) is 0 Å². The van der Waals surface area contributed by atoms with Gasteiger partial charge in [0.15, 0.2) is 0 Å². The molecule has 1 aliphatic rings. The molecule has 1 N–H and O–H groups in total. The third-order valence-corrected chi connectivity index (χ3v) is 3.84. The van der Waals surface area contributed by atoms with Crippen molar-refractivity contribution in [2.75, 3.05) is 13.7 Å². The molecular weight excluding hydrogens is 252 g/mol. The first-order valence-corrected chi connectivity index (χ1v) is 7.41. The summed E-state index contributed by atoms with van der Waals surface area (Å²) in [5, 5.41) is 3.44. The van der Waals surface area contributed by atoms with Crippen molar-refractivity contribution < 1.29 is 9.53 Å². The highest BCUT2D eigenvalue weighted by atomic mass is 16.5. The van der Waals surface area contributed by atoms with Crippen LogP contribution in [0.4, 0.5) is 0 Å². The quantitative estimate of drug-likeness (QED) is 0.868. The maximum Gasteiger partial charge on any atom is 0.241 e. The molecule has 1 aromatic carbocycles. The number of unbranched alkanes of at least 4 members (excludes halogenated alkanes) is 1. The molecule has 1 saturated heterocycles. The highest BCUT2D eigenvalue weighted by Crippen LogP contribution is 2.28. The van der Waals surface area contributed by atoms with Gasteiger partial charge in [-0.3, -0.25) is 10.1 Å². The lowest BCUT2D eigenvalue weighted by molar-refractivity contribution is -0.130. The van der Waals surface area contributed by atoms with Gasteiger partial charge >= 0.3 is 0 Å². The number of rotatable bonds is 6. The summed E-state index contributed by atoms with van der Waals surface area (Å²) in [4.78, 5) is 14.4. The van der Waals surface area contributed by atoms with Gasteiger partial charge in [0, 0.05) is 6.54 Å². The summed E-state index contributed by atoms with van der Waals surface area (Å²) in [5.74, 6) is 1.06. The third-order valence-electron chi connectivity index (χ3n) is 3.84. The summed E-state index contributed by atoms with van der Waals surface area (Å²) in [5.41, 5.74) is 1.12. The molecule has 0 radical (unpaired) electrons. The highest BCUT2D eigenvalue weighted by molar-refractivity contribution is 5.84. The van der Waals surface area contributed by atoms with Crippen LogP contribution in [-0.2, 0) is 4.79 Å². The van der Waals surface area contributed by atoms with E-state index in [1.54, 1.807) is 7.11 Å². The van der Waals surface area contributed by atoms with E-state index in [1.165, 1.54) is 0 Å². The molecule has 1 aliphatic heterocycles. The van der Waals surface area contributed by atoms with E-state index in [-0.39, 0.29) is 18.1 Å². The lowest BCUT2D eigenvalue weighted by Crippen LogP contribution is -2.31. The zero-order valence-corrected chi connectivity index (χ0v) is 12.6. The monoisotopic (exact) mass is 276 g/mol. The van der Waals surface area contributed by atoms with E-state index in [2.05, 4.69) is 12.2 Å². The summed E-state index contributed by atoms with van der Waals surface area (Å²) in [6.45, 7) is 5.01. The number of methoxy groups -OCH3 is 1. The Hall–Kier alpha value is -1.55. The van der Waals surface area contributed by atoms with Crippen LogP contribution in [0.15, 0.2) is 24.3 Å². The van der Waals surface area contributed by atoms with Gasteiger partial charge in [-0.2, -0.15) is 0 Å². The summed E-state index contributed by atoms with van der Waals surface area (Å²) in [6.07, 6.45) is 2.95. The Morgan fingerprint density at radius 3 is 2.50 bits per heavy atom. The first-order valence-electron chi connectivity index (χ1n) is 7.41. The number of ether oxygens (including phenoxy) is 1. The number of hydrogen-bond donors (Lipinski definition) is 1. The first-order chi connectivity index (χ1) is 9.71. The molecule has 2 atom stereocenters. The second kappa shape index (κ2) is 6.75. The number of carbonyl (C=O) groups excluding carboxylic acids is 1. The summed E-state index contributed by atoms with van der Waals surface area (Å²) in [6, 6.07) is 7.89. The lowest BCUT2D eigenvalue weighted by Gasteiger charge is -2.24. The molecule has 0 aliphatic carbocycles. The molecule has 1 amide bonds. The first kappa shape index (κ1) is 14.9. The molecule has 1 aromatic rings. The van der Waals surface area contributed by atoms with E-state index >= 15 is 0 Å². The van der Waals surface area contributed by atoms with Gasteiger partial charge in [-0.25, -0.2) is 0 Å². The normalized spacial score (nSPS) is 22.4. The Balaban J connectivity index is 2.19. The van der Waals surface area contributed by atoms with Crippen LogP contribution >= 0.6 is 0 Å². The third kappa shape index (κ3) is 2.96. The standard InChI is InChI=1S/C16H24N2O2/c1-4-6-11-18-15(17-14(5-2)16(18)19)12-7-9-13(20-3)10-8-12/h7-10,14-15,17H,4-6,11H2,1-3H3. The van der Waals surface area contributed by atoms with E-state index in [4.69, 9.17) is 4.74 Å². The summed E-state index contributed by atoms with van der Waals surface area (Å²) in [7, 11) is 1.66. The SMILES string of the molecule is CCCCN1C(=O)C(CC)NC1c1ccc(OC)cc1. The number of hydrogen-bond acceptors (Lipinski definition) is 3. The fourth-order valence-electron chi connectivity index (χ4n) is 2.60. The molecule has 2 unspecified atom stereocenters. The van der Waals surface area contributed by atoms with Crippen molar-refractivity contribution in [2.24, 2.45) is 0 Å². The van der Waals surface area contributed by atoms with E-state index in [0.29, 0.717) is 0 Å². The number of amides is 1. The Morgan fingerprint density at radius 2 is 1.95 bits per heavy atom. The molecule has 0 saturated carbocycles. The highest BCUT2D eigenvalue weighted by Gasteiger charge is 2.37. The van der Waals surface area contributed by atoms with Crippen molar-refractivity contribution >= 4 is 5.91 Å². The van der Waals surface area contributed by atoms with Crippen molar-refractivity contribution in [1.29, 1.82) is 0 Å². The van der Waals surface area contributed by atoms with Crippen LogP contribution in [-0.4, -0.2) is 30.5 Å². The zero-order valence-electron chi connectivity index (χ0n) is 12.6. The summed E-state index contributed by atoms with van der Waals surface area (Å²) >= 11 is 0. The molecule has 20 heavy (non-hydrogen) atoms. The van der Waals surface area contributed by atoms with Crippen molar-refractivity contribution in [2.45, 2.75) is 45.3 Å². The van der Waals surface area contributed by atoms with Gasteiger partial charge in [0.2, 0.25) is 5.91 Å². The van der Waals surface area contributed by atoms with Crippen LogP contribution in [0.25, 0.3) is 0 Å². The van der Waals surface area contributed by atoms with E-state index in [9.17, 15) is 4.79 Å². The Kier molecular flexibility index (Phi) is 5.01. The fourth-order valence-corrected chi connectivity index (χ4v) is 2.60. The molecule has 110 valence electrons. The molecule has 1 heterocycles. The Labute approximate surface area is 121 Å². The minimum Gasteiger partial charge on any atom is -0.497 e. The second-order valence-electron chi connectivity index (χ2n) is 5.19. The topological polar surface area (TPSA) is 41.6 Å². The van der Waals surface area contributed by atoms with Gasteiger partial charge in [0.25, 0.3) is 0 Å². The van der Waals surface area contributed by atoms with Gasteiger partial charge in [0.05, 0.1) is 13.2 Å². The minimum atomic E-state index is -0.0565. The predicted molar refractivity (Wildman–Crippen MR) is 79.6 cm³/mol. The fraction of sp³-hybridized carbons (Fsp3) is 0.562. The van der Waals surface area contributed by atoms with Gasteiger partial charge in [0.1, 0.15) is 11.9 Å². The lowest BCUT2D eigenvalue weighted by atomic mass is 10.1. The molecule has 4 nitrogen and oxygen atoms in total. The molecular formula is C16H24N2O2. The average Bonchev–Trinajstić information content (AvgIpc) is 2.81. The Bertz CT molecular complexity index is 444. The molecule has 1 fully saturated rings. The van der Waals surface area contributed by atoms with Crippen molar-refractivity contribution in [3.8, 4) is 5.75 Å². The predicted octanol–water partition coefficient (Wildman–Crippen LogP) is 2.70. The largest absolute Gasteiger partial charge is 0.497 e. The van der Waals surface area contributed by atoms with Crippen LogP contribution < -0.4 is 10.1 Å². The van der Waals surface area contributed by atoms with Crippen LogP contribution in [0.1, 0.15) is 44.8 Å². The van der Waals surface area contributed by atoms with Gasteiger partial charge in [-0.1, -0.05) is 32.4 Å². The van der Waals surface area contributed by atoms with Crippen molar-refractivity contribution in [1.82, 2.24) is 10.2 Å². The molecule has 4 heteroatoms. The second-order valence-corrected chi connectivity index (χ2v) is 5.19. The molecule has 0 bridgehead atoms. The smallest absolute Gasteiger partial charge is 0.241 e. The Morgan fingerprint density at radius 1 is 1.25 bits per heavy atom. The van der Waals surface area contributed by atoms with Gasteiger partial charge < -0.3 is 9.64 Å². The maximum absolute atomic E-state index is 12.4. The van der Waals surface area contributed by atoms with Crippen molar-refractivity contribution in [3.05, 3.63) is 29.8 Å². The molecule has 0 aromatic heterocycles. The van der Waals surface area contributed by atoms with Crippen molar-refractivity contribution in [3.63, 3.8) is 0 Å². The number of carbonyl (C=O) groups is 1. The summed E-state index contributed by atoms with van der Waals surface area (Å²) < 4.78 is 5.19. The molecule has 2 rings (SSSR count). The van der Waals surface area contributed by atoms with Gasteiger partial charge in [-0.15, -0.1) is 0 Å². The van der Waals surface area contributed by atoms with E-state index in [1.807, 2.05) is 36.1 Å². The number of benzene rings is 1. The minimum absolute atomic E-state index is 0.00935. The zero-order chi connectivity index (χ0) is 14.5. The van der Waals surface area contributed by atoms with Crippen LogP contribution in [0.5, 0.6) is 5.75 Å². The van der Waals surface area contributed by atoms with Crippen LogP contribution in [0, 0.1) is 0 Å². The van der Waals surface area contributed by atoms with Crippen LogP contribution in [0.2, 0.25) is 0 Å². The van der Waals surface area contributed by atoms with E-state index in [0.717, 1.165) is 37.1 Å². The average molecular weight is 276 g/mol. The maximum atomic E-state index is 12.4. The number of nitrogens with one attached hydrogen (secondary N) is 1. The van der Waals surface area contributed by atoms with Gasteiger partial charge in [-0.05, 0) is 30.5 Å². The molecule has 0 spiro atoms.